The molecular formula is C19H24N3O2+. The van der Waals surface area contributed by atoms with Crippen LogP contribution in [0.15, 0.2) is 60.7 Å². The molecule has 24 heavy (non-hydrogen) atoms. The largest absolute Gasteiger partial charge is 0.354 e. The number of quaternary nitrogens is 1. The maximum atomic E-state index is 12.5. The second kappa shape index (κ2) is 8.84. The summed E-state index contributed by atoms with van der Waals surface area (Å²) in [4.78, 5) is 23.9. The summed E-state index contributed by atoms with van der Waals surface area (Å²) in [6.07, 6.45) is 0. The summed E-state index contributed by atoms with van der Waals surface area (Å²) >= 11 is 0. The predicted molar refractivity (Wildman–Crippen MR) is 93.2 cm³/mol. The average molecular weight is 326 g/mol. The molecule has 0 bridgehead atoms. The monoisotopic (exact) mass is 326 g/mol. The number of rotatable bonds is 7. The summed E-state index contributed by atoms with van der Waals surface area (Å²) in [6, 6.07) is 19.2. The van der Waals surface area contributed by atoms with E-state index in [0.29, 0.717) is 0 Å². The van der Waals surface area contributed by atoms with Gasteiger partial charge in [0.15, 0.2) is 12.6 Å². The molecule has 0 saturated carbocycles. The van der Waals surface area contributed by atoms with Gasteiger partial charge in [-0.15, -0.1) is 0 Å². The Bertz CT molecular complexity index is 619. The topological polar surface area (TPSA) is 74.8 Å². The minimum Gasteiger partial charge on any atom is -0.354 e. The zero-order valence-electron chi connectivity index (χ0n) is 14.0. The van der Waals surface area contributed by atoms with E-state index in [9.17, 15) is 9.59 Å². The van der Waals surface area contributed by atoms with E-state index in [1.807, 2.05) is 60.7 Å². The van der Waals surface area contributed by atoms with Gasteiger partial charge in [-0.2, -0.15) is 0 Å². The number of benzene rings is 2. The molecule has 0 aliphatic carbocycles. The summed E-state index contributed by atoms with van der Waals surface area (Å²) in [5, 5.41) is 7.36. The van der Waals surface area contributed by atoms with E-state index in [4.69, 9.17) is 0 Å². The van der Waals surface area contributed by atoms with E-state index in [-0.39, 0.29) is 30.4 Å². The molecule has 0 heterocycles. The lowest BCUT2D eigenvalue weighted by molar-refractivity contribution is -0.663. The molecule has 0 fully saturated rings. The van der Waals surface area contributed by atoms with Crippen molar-refractivity contribution in [3.05, 3.63) is 71.8 Å². The van der Waals surface area contributed by atoms with E-state index in [0.717, 1.165) is 11.1 Å². The van der Waals surface area contributed by atoms with E-state index in [1.165, 1.54) is 0 Å². The SMILES string of the molecule is CNC(=O)C[NH2+][C@@H](C)C(=O)NC(c1ccccc1)c1ccccc1. The molecular weight excluding hydrogens is 302 g/mol. The minimum absolute atomic E-state index is 0.0997. The molecule has 5 nitrogen and oxygen atoms in total. The third-order valence-electron chi connectivity index (χ3n) is 3.90. The number of amides is 2. The molecule has 0 radical (unpaired) electrons. The van der Waals surface area contributed by atoms with Crippen molar-refractivity contribution in [3.8, 4) is 0 Å². The first-order valence-electron chi connectivity index (χ1n) is 8.06. The van der Waals surface area contributed by atoms with Gasteiger partial charge >= 0.3 is 0 Å². The van der Waals surface area contributed by atoms with E-state index in [2.05, 4.69) is 10.6 Å². The van der Waals surface area contributed by atoms with E-state index in [1.54, 1.807) is 19.3 Å². The molecule has 0 unspecified atom stereocenters. The molecule has 126 valence electrons. The quantitative estimate of drug-likeness (QED) is 0.697. The van der Waals surface area contributed by atoms with Crippen LogP contribution in [0.2, 0.25) is 0 Å². The van der Waals surface area contributed by atoms with Crippen molar-refractivity contribution in [1.29, 1.82) is 0 Å². The van der Waals surface area contributed by atoms with Crippen LogP contribution in [0, 0.1) is 0 Å². The Morgan fingerprint density at radius 3 is 1.92 bits per heavy atom. The summed E-state index contributed by atoms with van der Waals surface area (Å²) < 4.78 is 0. The maximum absolute atomic E-state index is 12.5. The fourth-order valence-corrected chi connectivity index (χ4v) is 2.42. The second-order valence-corrected chi connectivity index (χ2v) is 5.66. The molecule has 0 saturated heterocycles. The van der Waals surface area contributed by atoms with Crippen molar-refractivity contribution in [2.24, 2.45) is 0 Å². The third-order valence-corrected chi connectivity index (χ3v) is 3.90. The Morgan fingerprint density at radius 2 is 1.46 bits per heavy atom. The van der Waals surface area contributed by atoms with Crippen molar-refractivity contribution in [2.45, 2.75) is 19.0 Å². The van der Waals surface area contributed by atoms with Gasteiger partial charge in [0.1, 0.15) is 0 Å². The lowest BCUT2D eigenvalue weighted by Gasteiger charge is -2.21. The Balaban J connectivity index is 2.11. The fraction of sp³-hybridized carbons (Fsp3) is 0.263. The van der Waals surface area contributed by atoms with Crippen molar-refractivity contribution in [2.75, 3.05) is 13.6 Å². The summed E-state index contributed by atoms with van der Waals surface area (Å²) in [5.41, 5.74) is 2.05. The molecule has 0 spiro atoms. The van der Waals surface area contributed by atoms with Crippen LogP contribution in [-0.2, 0) is 9.59 Å². The van der Waals surface area contributed by atoms with Gasteiger partial charge in [-0.25, -0.2) is 0 Å². The summed E-state index contributed by atoms with van der Waals surface area (Å²) in [7, 11) is 1.59. The van der Waals surface area contributed by atoms with Crippen LogP contribution in [0.5, 0.6) is 0 Å². The Kier molecular flexibility index (Phi) is 6.51. The van der Waals surface area contributed by atoms with Crippen molar-refractivity contribution in [1.82, 2.24) is 10.6 Å². The van der Waals surface area contributed by atoms with Crippen LogP contribution in [-0.4, -0.2) is 31.4 Å². The first-order valence-corrected chi connectivity index (χ1v) is 8.06. The van der Waals surface area contributed by atoms with Gasteiger partial charge in [0.25, 0.3) is 11.8 Å². The number of hydrogen-bond acceptors (Lipinski definition) is 2. The lowest BCUT2D eigenvalue weighted by atomic mass is 9.98. The number of likely N-dealkylation sites (N-methyl/N-ethyl adjacent to an activating group) is 1. The van der Waals surface area contributed by atoms with Crippen LogP contribution >= 0.6 is 0 Å². The zero-order chi connectivity index (χ0) is 17.4. The highest BCUT2D eigenvalue weighted by Crippen LogP contribution is 2.21. The van der Waals surface area contributed by atoms with Crippen molar-refractivity contribution in [3.63, 3.8) is 0 Å². The fourth-order valence-electron chi connectivity index (χ4n) is 2.42. The molecule has 2 aromatic carbocycles. The molecule has 0 aliphatic heterocycles. The first-order chi connectivity index (χ1) is 11.6. The van der Waals surface area contributed by atoms with E-state index < -0.39 is 0 Å². The molecule has 0 aliphatic rings. The highest BCUT2D eigenvalue weighted by Gasteiger charge is 2.22. The van der Waals surface area contributed by atoms with Gasteiger partial charge in [-0.3, -0.25) is 9.59 Å². The maximum Gasteiger partial charge on any atom is 0.278 e. The summed E-state index contributed by atoms with van der Waals surface area (Å²) in [6.45, 7) is 2.03. The van der Waals surface area contributed by atoms with Crippen molar-refractivity contribution >= 4 is 11.8 Å². The zero-order valence-corrected chi connectivity index (χ0v) is 14.0. The van der Waals surface area contributed by atoms with Gasteiger partial charge < -0.3 is 16.0 Å². The number of carbonyl (C=O) groups excluding carboxylic acids is 2. The van der Waals surface area contributed by atoms with Gasteiger partial charge in [0.2, 0.25) is 0 Å². The van der Waals surface area contributed by atoms with E-state index >= 15 is 0 Å². The normalized spacial score (nSPS) is 11.8. The van der Waals surface area contributed by atoms with Crippen LogP contribution in [0.4, 0.5) is 0 Å². The molecule has 1 atom stereocenters. The number of nitrogens with one attached hydrogen (secondary N) is 2. The third kappa shape index (κ3) is 4.93. The average Bonchev–Trinajstić information content (AvgIpc) is 2.65. The highest BCUT2D eigenvalue weighted by atomic mass is 16.2. The molecule has 2 rings (SSSR count). The van der Waals surface area contributed by atoms with Crippen LogP contribution < -0.4 is 16.0 Å². The van der Waals surface area contributed by atoms with Crippen LogP contribution in [0.25, 0.3) is 0 Å². The highest BCUT2D eigenvalue weighted by molar-refractivity contribution is 5.81. The molecule has 2 amide bonds. The lowest BCUT2D eigenvalue weighted by Crippen LogP contribution is -2.93. The Hall–Kier alpha value is -2.66. The molecule has 0 aromatic heterocycles. The van der Waals surface area contributed by atoms with Crippen LogP contribution in [0.1, 0.15) is 24.1 Å². The van der Waals surface area contributed by atoms with Gasteiger partial charge in [0.05, 0.1) is 6.04 Å². The second-order valence-electron chi connectivity index (χ2n) is 5.66. The molecule has 4 N–H and O–H groups in total. The minimum atomic E-state index is -0.350. The predicted octanol–water partition coefficient (Wildman–Crippen LogP) is 0.590. The smallest absolute Gasteiger partial charge is 0.278 e. The number of hydrogen-bond donors (Lipinski definition) is 3. The number of carbonyl (C=O) groups is 2. The van der Waals surface area contributed by atoms with Gasteiger partial charge in [0, 0.05) is 7.05 Å². The Morgan fingerprint density at radius 1 is 0.958 bits per heavy atom. The number of nitrogens with two attached hydrogens (primary N) is 1. The van der Waals surface area contributed by atoms with Gasteiger partial charge in [-0.05, 0) is 18.1 Å². The first kappa shape index (κ1) is 17.7. The molecule has 2 aromatic rings. The standard InChI is InChI=1S/C19H23N3O2/c1-14(21-13-17(23)20-2)19(24)22-18(15-9-5-3-6-10-15)16-11-7-4-8-12-16/h3-12,14,18,21H,13H2,1-2H3,(H,20,23)(H,22,24)/p+1/t14-/m0/s1. The van der Waals surface area contributed by atoms with Crippen molar-refractivity contribution < 1.29 is 14.9 Å². The summed E-state index contributed by atoms with van der Waals surface area (Å²) in [5.74, 6) is -0.200. The molecule has 5 heteroatoms. The van der Waals surface area contributed by atoms with Gasteiger partial charge in [-0.1, -0.05) is 60.7 Å². The van der Waals surface area contributed by atoms with Crippen LogP contribution in [0.3, 0.4) is 0 Å². The Labute approximate surface area is 142 Å².